The Bertz CT molecular complexity index is 1430. The van der Waals surface area contributed by atoms with Gasteiger partial charge in [-0.1, -0.05) is 47.2 Å². The minimum atomic E-state index is -0.641. The molecule has 1 atom stereocenters. The predicted molar refractivity (Wildman–Crippen MR) is 126 cm³/mol. The molecular weight excluding hydrogens is 440 g/mol. The molecular formula is C25H24N2O5S. The van der Waals surface area contributed by atoms with Gasteiger partial charge in [0.05, 0.1) is 35.6 Å². The Labute approximate surface area is 194 Å². The van der Waals surface area contributed by atoms with Gasteiger partial charge in [0.2, 0.25) is 0 Å². The summed E-state index contributed by atoms with van der Waals surface area (Å²) in [6, 6.07) is 12.0. The summed E-state index contributed by atoms with van der Waals surface area (Å²) in [5.41, 5.74) is 3.20. The number of nitrogens with zero attached hydrogens (tertiary/aromatic N) is 2. The third-order valence-electron chi connectivity index (χ3n) is 5.41. The van der Waals surface area contributed by atoms with Gasteiger partial charge in [0.15, 0.2) is 16.3 Å². The fraction of sp³-hybridized carbons (Fsp3) is 0.240. The molecule has 1 N–H and O–H groups in total. The van der Waals surface area contributed by atoms with Crippen LogP contribution in [0.2, 0.25) is 0 Å². The van der Waals surface area contributed by atoms with E-state index in [-0.39, 0.29) is 17.9 Å². The van der Waals surface area contributed by atoms with Crippen LogP contribution in [0.3, 0.4) is 0 Å². The summed E-state index contributed by atoms with van der Waals surface area (Å²) < 4.78 is 12.5. The highest BCUT2D eigenvalue weighted by Gasteiger charge is 2.33. The van der Waals surface area contributed by atoms with E-state index in [1.165, 1.54) is 24.5 Å². The van der Waals surface area contributed by atoms with Gasteiger partial charge < -0.3 is 14.6 Å². The van der Waals surface area contributed by atoms with Crippen LogP contribution in [0.15, 0.2) is 63.5 Å². The van der Waals surface area contributed by atoms with Gasteiger partial charge in [-0.05, 0) is 50.1 Å². The van der Waals surface area contributed by atoms with E-state index in [1.54, 1.807) is 36.6 Å². The lowest BCUT2D eigenvalue weighted by molar-refractivity contribution is -0.139. The number of rotatable bonds is 5. The molecule has 3 aromatic rings. The Balaban J connectivity index is 1.94. The number of phenols is 1. The number of thiazole rings is 1. The standard InChI is InChI=1S/C25H24N2O5S/c1-5-32-24(30)21-15(3)26-25-27(22(21)17-9-6-14(2)7-10-17)23(29)20(33-25)13-16-8-11-18(28)19(12-16)31-4/h6-13,22,28H,5H2,1-4H3/b20-13-/t22-/m1/s1. The number of fused-ring (bicyclic) bond motifs is 1. The molecule has 8 heteroatoms. The van der Waals surface area contributed by atoms with Crippen molar-refractivity contribution in [2.24, 2.45) is 4.99 Å². The molecule has 0 fully saturated rings. The van der Waals surface area contributed by atoms with Crippen molar-refractivity contribution in [2.75, 3.05) is 13.7 Å². The van der Waals surface area contributed by atoms with Gasteiger partial charge in [-0.3, -0.25) is 9.36 Å². The van der Waals surface area contributed by atoms with Gasteiger partial charge in [0.1, 0.15) is 0 Å². The van der Waals surface area contributed by atoms with E-state index in [9.17, 15) is 14.7 Å². The Morgan fingerprint density at radius 2 is 1.94 bits per heavy atom. The number of benzene rings is 2. The summed E-state index contributed by atoms with van der Waals surface area (Å²) in [6.07, 6.45) is 1.72. The second-order valence-corrected chi connectivity index (χ2v) is 8.65. The monoisotopic (exact) mass is 464 g/mol. The molecule has 0 amide bonds. The molecule has 1 aromatic heterocycles. The number of carbonyl (C=O) groups is 1. The summed E-state index contributed by atoms with van der Waals surface area (Å²) in [5.74, 6) is -0.151. The summed E-state index contributed by atoms with van der Waals surface area (Å²) in [4.78, 5) is 31.5. The Morgan fingerprint density at radius 3 is 2.61 bits per heavy atom. The zero-order chi connectivity index (χ0) is 23.7. The molecule has 1 aliphatic rings. The summed E-state index contributed by atoms with van der Waals surface area (Å²) in [6.45, 7) is 5.71. The van der Waals surface area contributed by atoms with Crippen molar-refractivity contribution in [1.29, 1.82) is 0 Å². The number of carbonyl (C=O) groups excluding carboxylic acids is 1. The third-order valence-corrected chi connectivity index (χ3v) is 6.39. The van der Waals surface area contributed by atoms with Crippen molar-refractivity contribution in [1.82, 2.24) is 4.57 Å². The maximum Gasteiger partial charge on any atom is 0.338 e. The topological polar surface area (TPSA) is 90.1 Å². The van der Waals surface area contributed by atoms with E-state index in [0.29, 0.717) is 31.9 Å². The maximum absolute atomic E-state index is 13.5. The second-order valence-electron chi connectivity index (χ2n) is 7.64. The van der Waals surface area contributed by atoms with Crippen LogP contribution >= 0.6 is 11.3 Å². The number of aromatic nitrogens is 1. The largest absolute Gasteiger partial charge is 0.504 e. The SMILES string of the molecule is CCOC(=O)C1=C(C)N=c2s/c(=C\c3ccc(O)c(OC)c3)c(=O)n2[C@@H]1c1ccc(C)cc1. The number of ether oxygens (including phenoxy) is 2. The minimum absolute atomic E-state index is 0.0187. The zero-order valence-electron chi connectivity index (χ0n) is 18.8. The van der Waals surface area contributed by atoms with Gasteiger partial charge in [0, 0.05) is 0 Å². The van der Waals surface area contributed by atoms with E-state index in [4.69, 9.17) is 9.47 Å². The first-order valence-electron chi connectivity index (χ1n) is 10.5. The normalized spacial score (nSPS) is 15.8. The molecule has 0 saturated carbocycles. The Kier molecular flexibility index (Phi) is 6.20. The van der Waals surface area contributed by atoms with Crippen LogP contribution < -0.4 is 19.6 Å². The lowest BCUT2D eigenvalue weighted by Crippen LogP contribution is -2.39. The molecule has 0 spiro atoms. The smallest absolute Gasteiger partial charge is 0.338 e. The second kappa shape index (κ2) is 9.07. The lowest BCUT2D eigenvalue weighted by Gasteiger charge is -2.24. The fourth-order valence-corrected chi connectivity index (χ4v) is 4.84. The molecule has 170 valence electrons. The lowest BCUT2D eigenvalue weighted by atomic mass is 9.95. The van der Waals surface area contributed by atoms with Crippen LogP contribution in [-0.2, 0) is 9.53 Å². The average molecular weight is 465 g/mol. The summed E-state index contributed by atoms with van der Waals surface area (Å²) >= 11 is 1.25. The number of hydrogen-bond acceptors (Lipinski definition) is 7. The van der Waals surface area contributed by atoms with Crippen LogP contribution in [0.25, 0.3) is 6.08 Å². The molecule has 2 aromatic carbocycles. The highest BCUT2D eigenvalue weighted by atomic mass is 32.1. The molecule has 0 aliphatic carbocycles. The molecule has 4 rings (SSSR count). The Morgan fingerprint density at radius 1 is 1.21 bits per heavy atom. The first kappa shape index (κ1) is 22.5. The number of hydrogen-bond donors (Lipinski definition) is 1. The van der Waals surface area contributed by atoms with Gasteiger partial charge in [0.25, 0.3) is 5.56 Å². The van der Waals surface area contributed by atoms with Gasteiger partial charge in [-0.25, -0.2) is 9.79 Å². The highest BCUT2D eigenvalue weighted by molar-refractivity contribution is 7.07. The number of phenolic OH excluding ortho intramolecular Hbond substituents is 1. The molecule has 33 heavy (non-hydrogen) atoms. The Hall–Kier alpha value is -3.65. The van der Waals surface area contributed by atoms with Crippen LogP contribution in [0.4, 0.5) is 0 Å². The van der Waals surface area contributed by atoms with E-state index in [2.05, 4.69) is 4.99 Å². The van der Waals surface area contributed by atoms with Crippen LogP contribution in [-0.4, -0.2) is 29.4 Å². The van der Waals surface area contributed by atoms with Crippen molar-refractivity contribution in [3.05, 3.63) is 90.1 Å². The average Bonchev–Trinajstić information content (AvgIpc) is 3.09. The number of methoxy groups -OCH3 is 1. The minimum Gasteiger partial charge on any atom is -0.504 e. The summed E-state index contributed by atoms with van der Waals surface area (Å²) in [7, 11) is 1.47. The van der Waals surface area contributed by atoms with Crippen molar-refractivity contribution in [2.45, 2.75) is 26.8 Å². The third kappa shape index (κ3) is 4.21. The number of aromatic hydroxyl groups is 1. The molecule has 0 unspecified atom stereocenters. The maximum atomic E-state index is 13.5. The molecule has 0 radical (unpaired) electrons. The van der Waals surface area contributed by atoms with Gasteiger partial charge >= 0.3 is 5.97 Å². The molecule has 1 aliphatic heterocycles. The quantitative estimate of drug-likeness (QED) is 0.587. The van der Waals surface area contributed by atoms with E-state index in [1.807, 2.05) is 31.2 Å². The van der Waals surface area contributed by atoms with E-state index in [0.717, 1.165) is 11.1 Å². The van der Waals surface area contributed by atoms with Crippen molar-refractivity contribution < 1.29 is 19.4 Å². The predicted octanol–water partition coefficient (Wildman–Crippen LogP) is 2.82. The van der Waals surface area contributed by atoms with Crippen LogP contribution in [0.1, 0.15) is 36.6 Å². The molecule has 0 saturated heterocycles. The number of esters is 1. The van der Waals surface area contributed by atoms with Crippen LogP contribution in [0, 0.1) is 6.92 Å². The van der Waals surface area contributed by atoms with Crippen molar-refractivity contribution in [3.8, 4) is 11.5 Å². The number of allylic oxidation sites excluding steroid dienone is 1. The summed E-state index contributed by atoms with van der Waals surface area (Å²) in [5, 5.41) is 9.86. The van der Waals surface area contributed by atoms with Crippen molar-refractivity contribution in [3.63, 3.8) is 0 Å². The van der Waals surface area contributed by atoms with Crippen LogP contribution in [0.5, 0.6) is 11.5 Å². The van der Waals surface area contributed by atoms with Crippen molar-refractivity contribution >= 4 is 23.4 Å². The molecule has 2 heterocycles. The van der Waals surface area contributed by atoms with E-state index < -0.39 is 12.0 Å². The molecule has 0 bridgehead atoms. The number of aryl methyl sites for hydroxylation is 1. The fourth-order valence-electron chi connectivity index (χ4n) is 3.79. The zero-order valence-corrected chi connectivity index (χ0v) is 19.6. The first-order chi connectivity index (χ1) is 15.8. The van der Waals surface area contributed by atoms with Gasteiger partial charge in [-0.2, -0.15) is 0 Å². The van der Waals surface area contributed by atoms with Gasteiger partial charge in [-0.15, -0.1) is 0 Å². The van der Waals surface area contributed by atoms with E-state index >= 15 is 0 Å². The first-order valence-corrected chi connectivity index (χ1v) is 11.3. The molecule has 7 nitrogen and oxygen atoms in total. The highest BCUT2D eigenvalue weighted by Crippen LogP contribution is 2.31.